The number of carbonyl (C=O) groups excluding carboxylic acids is 1. The smallest absolute Gasteiger partial charge is 0.222 e. The minimum atomic E-state index is 0.319. The lowest BCUT2D eigenvalue weighted by atomic mass is 10.0. The van der Waals surface area contributed by atoms with Crippen molar-refractivity contribution in [3.05, 3.63) is 0 Å². The van der Waals surface area contributed by atoms with Crippen molar-refractivity contribution in [2.24, 2.45) is 0 Å². The summed E-state index contributed by atoms with van der Waals surface area (Å²) in [4.78, 5) is 13.5. The minimum Gasteiger partial charge on any atom is -0.378 e. The molecule has 3 unspecified atom stereocenters. The molecule has 0 spiro atoms. The fourth-order valence-corrected chi connectivity index (χ4v) is 2.83. The number of ether oxygens (including phenoxy) is 1. The van der Waals surface area contributed by atoms with Gasteiger partial charge in [0, 0.05) is 38.2 Å². The summed E-state index contributed by atoms with van der Waals surface area (Å²) in [5.41, 5.74) is 0. The van der Waals surface area contributed by atoms with E-state index in [-0.39, 0.29) is 0 Å². The molecule has 2 rings (SSSR count). The molecule has 2 aliphatic heterocycles. The first kappa shape index (κ1) is 12.8. The van der Waals surface area contributed by atoms with Crippen LogP contribution in [0.3, 0.4) is 0 Å². The van der Waals surface area contributed by atoms with Crippen LogP contribution in [0, 0.1) is 0 Å². The molecule has 98 valence electrons. The molecule has 2 aliphatic rings. The van der Waals surface area contributed by atoms with E-state index in [1.165, 1.54) is 0 Å². The Morgan fingerprint density at radius 2 is 2.41 bits per heavy atom. The summed E-state index contributed by atoms with van der Waals surface area (Å²) in [6.07, 6.45) is 4.30. The van der Waals surface area contributed by atoms with Crippen molar-refractivity contribution in [2.45, 2.75) is 57.7 Å². The van der Waals surface area contributed by atoms with Crippen LogP contribution in [0.5, 0.6) is 0 Å². The first-order chi connectivity index (χ1) is 8.15. The third-order valence-corrected chi connectivity index (χ3v) is 3.67. The molecule has 2 saturated heterocycles. The number of hydrogen-bond donors (Lipinski definition) is 1. The Morgan fingerprint density at radius 3 is 3.06 bits per heavy atom. The maximum Gasteiger partial charge on any atom is 0.222 e. The number of rotatable bonds is 4. The standard InChI is InChI=1S/C13H24N2O2/c1-10(9-15-6-3-4-13(15)16)14-12-5-7-17-11(2)8-12/h10-12,14H,3-9H2,1-2H3. The second-order valence-corrected chi connectivity index (χ2v) is 5.41. The summed E-state index contributed by atoms with van der Waals surface area (Å²) in [5.74, 6) is 0.319. The van der Waals surface area contributed by atoms with Gasteiger partial charge in [-0.15, -0.1) is 0 Å². The Labute approximate surface area is 104 Å². The molecule has 0 radical (unpaired) electrons. The Bertz CT molecular complexity index is 270. The van der Waals surface area contributed by atoms with E-state index in [1.807, 2.05) is 4.90 Å². The van der Waals surface area contributed by atoms with E-state index < -0.39 is 0 Å². The fourth-order valence-electron chi connectivity index (χ4n) is 2.83. The van der Waals surface area contributed by atoms with Crippen molar-refractivity contribution in [3.63, 3.8) is 0 Å². The van der Waals surface area contributed by atoms with Crippen LogP contribution in [-0.2, 0) is 9.53 Å². The van der Waals surface area contributed by atoms with Gasteiger partial charge in [-0.1, -0.05) is 0 Å². The normalized spacial score (nSPS) is 31.9. The quantitative estimate of drug-likeness (QED) is 0.801. The molecule has 1 N–H and O–H groups in total. The van der Waals surface area contributed by atoms with Crippen molar-refractivity contribution in [1.82, 2.24) is 10.2 Å². The second kappa shape index (κ2) is 5.83. The predicted octanol–water partition coefficient (Wildman–Crippen LogP) is 1.15. The van der Waals surface area contributed by atoms with Crippen molar-refractivity contribution in [2.75, 3.05) is 19.7 Å². The maximum atomic E-state index is 11.5. The SMILES string of the molecule is CC(CN1CCCC1=O)NC1CCOC(C)C1. The lowest BCUT2D eigenvalue weighted by Gasteiger charge is -2.31. The molecule has 17 heavy (non-hydrogen) atoms. The van der Waals surface area contributed by atoms with Gasteiger partial charge in [0.1, 0.15) is 0 Å². The minimum absolute atomic E-state index is 0.319. The van der Waals surface area contributed by atoms with Crippen LogP contribution in [0.25, 0.3) is 0 Å². The van der Waals surface area contributed by atoms with Crippen LogP contribution in [0.4, 0.5) is 0 Å². The molecule has 2 fully saturated rings. The summed E-state index contributed by atoms with van der Waals surface area (Å²) in [7, 11) is 0. The average Bonchev–Trinajstić information content (AvgIpc) is 2.64. The molecule has 0 aliphatic carbocycles. The summed E-state index contributed by atoms with van der Waals surface area (Å²) < 4.78 is 5.54. The Balaban J connectivity index is 1.72. The molecule has 0 saturated carbocycles. The monoisotopic (exact) mass is 240 g/mol. The number of amides is 1. The van der Waals surface area contributed by atoms with Gasteiger partial charge in [0.25, 0.3) is 0 Å². The first-order valence-corrected chi connectivity index (χ1v) is 6.80. The number of likely N-dealkylation sites (tertiary alicyclic amines) is 1. The van der Waals surface area contributed by atoms with Crippen molar-refractivity contribution in [1.29, 1.82) is 0 Å². The van der Waals surface area contributed by atoms with Crippen LogP contribution in [0.1, 0.15) is 39.5 Å². The van der Waals surface area contributed by atoms with E-state index in [9.17, 15) is 4.79 Å². The third-order valence-electron chi connectivity index (χ3n) is 3.67. The summed E-state index contributed by atoms with van der Waals surface area (Å²) in [6.45, 7) is 6.95. The van der Waals surface area contributed by atoms with Crippen molar-refractivity contribution < 1.29 is 9.53 Å². The van der Waals surface area contributed by atoms with E-state index in [1.54, 1.807) is 0 Å². The third kappa shape index (κ3) is 3.68. The Morgan fingerprint density at radius 1 is 1.59 bits per heavy atom. The van der Waals surface area contributed by atoms with Gasteiger partial charge in [-0.25, -0.2) is 0 Å². The van der Waals surface area contributed by atoms with E-state index >= 15 is 0 Å². The predicted molar refractivity (Wildman–Crippen MR) is 66.8 cm³/mol. The molecule has 1 amide bonds. The zero-order chi connectivity index (χ0) is 12.3. The summed E-state index contributed by atoms with van der Waals surface area (Å²) in [6, 6.07) is 0.929. The lowest BCUT2D eigenvalue weighted by Crippen LogP contribution is -2.47. The van der Waals surface area contributed by atoms with Crippen molar-refractivity contribution in [3.8, 4) is 0 Å². The van der Waals surface area contributed by atoms with Gasteiger partial charge in [-0.3, -0.25) is 4.79 Å². The van der Waals surface area contributed by atoms with Crippen molar-refractivity contribution >= 4 is 5.91 Å². The number of carbonyl (C=O) groups is 1. The number of nitrogens with zero attached hydrogens (tertiary/aromatic N) is 1. The van der Waals surface area contributed by atoms with Crippen LogP contribution in [0.15, 0.2) is 0 Å². The van der Waals surface area contributed by atoms with Crippen LogP contribution in [0.2, 0.25) is 0 Å². The lowest BCUT2D eigenvalue weighted by molar-refractivity contribution is -0.128. The van der Waals surface area contributed by atoms with Gasteiger partial charge in [-0.2, -0.15) is 0 Å². The van der Waals surface area contributed by atoms with Gasteiger partial charge >= 0.3 is 0 Å². The van der Waals surface area contributed by atoms with Crippen LogP contribution >= 0.6 is 0 Å². The van der Waals surface area contributed by atoms with Crippen LogP contribution in [-0.4, -0.2) is 48.7 Å². The molecule has 0 aromatic rings. The fraction of sp³-hybridized carbons (Fsp3) is 0.923. The average molecular weight is 240 g/mol. The molecule has 2 heterocycles. The van der Waals surface area contributed by atoms with Gasteiger partial charge in [0.15, 0.2) is 0 Å². The zero-order valence-electron chi connectivity index (χ0n) is 10.9. The summed E-state index contributed by atoms with van der Waals surface area (Å²) in [5, 5.41) is 3.62. The highest BCUT2D eigenvalue weighted by Crippen LogP contribution is 2.15. The molecule has 3 atom stereocenters. The van der Waals surface area contributed by atoms with Gasteiger partial charge in [0.2, 0.25) is 5.91 Å². The number of nitrogens with one attached hydrogen (secondary N) is 1. The van der Waals surface area contributed by atoms with Crippen LogP contribution < -0.4 is 5.32 Å². The Hall–Kier alpha value is -0.610. The zero-order valence-corrected chi connectivity index (χ0v) is 10.9. The highest BCUT2D eigenvalue weighted by molar-refractivity contribution is 5.78. The van der Waals surface area contributed by atoms with E-state index in [0.29, 0.717) is 24.1 Å². The van der Waals surface area contributed by atoms with E-state index in [4.69, 9.17) is 4.74 Å². The maximum absolute atomic E-state index is 11.5. The Kier molecular flexibility index (Phi) is 4.40. The highest BCUT2D eigenvalue weighted by atomic mass is 16.5. The molecule has 0 aromatic carbocycles. The van der Waals surface area contributed by atoms with E-state index in [2.05, 4.69) is 19.2 Å². The molecular formula is C13H24N2O2. The van der Waals surface area contributed by atoms with Gasteiger partial charge in [0.05, 0.1) is 6.10 Å². The van der Waals surface area contributed by atoms with E-state index in [0.717, 1.165) is 45.4 Å². The highest BCUT2D eigenvalue weighted by Gasteiger charge is 2.24. The molecule has 0 aromatic heterocycles. The second-order valence-electron chi connectivity index (χ2n) is 5.41. The topological polar surface area (TPSA) is 41.6 Å². The largest absolute Gasteiger partial charge is 0.378 e. The first-order valence-electron chi connectivity index (χ1n) is 6.80. The van der Waals surface area contributed by atoms with Gasteiger partial charge < -0.3 is 15.0 Å². The molecule has 4 nitrogen and oxygen atoms in total. The molecular weight excluding hydrogens is 216 g/mol. The molecule has 4 heteroatoms. The number of hydrogen-bond acceptors (Lipinski definition) is 3. The molecule has 0 bridgehead atoms. The summed E-state index contributed by atoms with van der Waals surface area (Å²) >= 11 is 0. The van der Waals surface area contributed by atoms with Gasteiger partial charge in [-0.05, 0) is 33.1 Å².